The highest BCUT2D eigenvalue weighted by Gasteiger charge is 2.24. The van der Waals surface area contributed by atoms with Gasteiger partial charge in [-0.05, 0) is 19.8 Å². The van der Waals surface area contributed by atoms with Crippen molar-refractivity contribution in [3.8, 4) is 0 Å². The van der Waals surface area contributed by atoms with E-state index in [0.717, 1.165) is 31.8 Å². The normalized spacial score (nSPS) is 13.7. The van der Waals surface area contributed by atoms with Crippen molar-refractivity contribution in [1.29, 1.82) is 0 Å². The zero-order chi connectivity index (χ0) is 17.9. The van der Waals surface area contributed by atoms with Crippen molar-refractivity contribution in [2.24, 2.45) is 5.73 Å². The van der Waals surface area contributed by atoms with Crippen molar-refractivity contribution >= 4 is 22.3 Å². The molecule has 0 rings (SSSR count). The Morgan fingerprint density at radius 3 is 2.43 bits per heavy atom. The average molecular weight is 347 g/mol. The third-order valence-electron chi connectivity index (χ3n) is 3.07. The van der Waals surface area contributed by atoms with Gasteiger partial charge >= 0.3 is 16.4 Å². The van der Waals surface area contributed by atoms with Gasteiger partial charge in [0.1, 0.15) is 5.94 Å². The number of allylic oxidation sites excluding steroid dienone is 1. The summed E-state index contributed by atoms with van der Waals surface area (Å²) in [7, 11) is -4.52. The van der Waals surface area contributed by atoms with Gasteiger partial charge in [-0.15, -0.1) is 0 Å². The first kappa shape index (κ1) is 21.4. The molecule has 0 aromatic heterocycles. The molecule has 0 aliphatic carbocycles. The Morgan fingerprint density at radius 1 is 1.26 bits per heavy atom. The molecule has 8 heteroatoms. The highest BCUT2D eigenvalue weighted by Crippen LogP contribution is 2.14. The van der Waals surface area contributed by atoms with E-state index in [9.17, 15) is 18.0 Å². The van der Waals surface area contributed by atoms with Crippen LogP contribution in [0.2, 0.25) is 0 Å². The quantitative estimate of drug-likeness (QED) is 0.264. The van der Waals surface area contributed by atoms with E-state index in [2.05, 4.69) is 11.1 Å². The molecule has 0 saturated heterocycles. The number of carbonyl (C=O) groups excluding carboxylic acids is 2. The van der Waals surface area contributed by atoms with Crippen molar-refractivity contribution in [3.63, 3.8) is 0 Å². The molecule has 2 N–H and O–H groups in total. The van der Waals surface area contributed by atoms with Gasteiger partial charge in [-0.1, -0.05) is 39.5 Å². The molecule has 7 nitrogen and oxygen atoms in total. The van der Waals surface area contributed by atoms with Gasteiger partial charge in [-0.3, -0.25) is 0 Å². The summed E-state index contributed by atoms with van der Waals surface area (Å²) in [6, 6.07) is 0. The number of hydrogen-bond donors (Lipinski definition) is 1. The number of nitrogens with two attached hydrogens (primary N) is 1. The molecule has 0 aromatic carbocycles. The van der Waals surface area contributed by atoms with Crippen LogP contribution in [0.15, 0.2) is 17.3 Å². The summed E-state index contributed by atoms with van der Waals surface area (Å²) in [6.45, 7) is 5.30. The second-order valence-electron chi connectivity index (χ2n) is 5.09. The molecule has 0 fully saturated rings. The third-order valence-corrected chi connectivity index (χ3v) is 3.99. The Morgan fingerprint density at radius 2 is 1.91 bits per heavy atom. The fraction of sp³-hybridized carbons (Fsp3) is 0.667. The van der Waals surface area contributed by atoms with Gasteiger partial charge < -0.3 is 9.92 Å². The van der Waals surface area contributed by atoms with Crippen LogP contribution in [0.1, 0.15) is 59.3 Å². The molecule has 0 saturated carbocycles. The molecule has 0 amide bonds. The lowest BCUT2D eigenvalue weighted by Crippen LogP contribution is -2.22. The smallest absolute Gasteiger partial charge is 0.401 e. The molecule has 0 aliphatic heterocycles. The fourth-order valence-corrected chi connectivity index (χ4v) is 2.61. The Labute approximate surface area is 137 Å². The zero-order valence-electron chi connectivity index (χ0n) is 13.8. The van der Waals surface area contributed by atoms with Gasteiger partial charge in [-0.2, -0.15) is 8.42 Å². The summed E-state index contributed by atoms with van der Waals surface area (Å²) < 4.78 is 32.6. The molecule has 132 valence electrons. The molecular formula is C15H25NO6S. The van der Waals surface area contributed by atoms with Crippen molar-refractivity contribution in [3.05, 3.63) is 17.3 Å². The first-order valence-electron chi connectivity index (χ1n) is 7.63. The van der Waals surface area contributed by atoms with E-state index in [0.29, 0.717) is 6.42 Å². The largest absolute Gasteiger partial charge is 0.452 e. The second kappa shape index (κ2) is 11.0. The molecular weight excluding hydrogens is 322 g/mol. The molecule has 0 bridgehead atoms. The van der Waals surface area contributed by atoms with Gasteiger partial charge in [0.05, 0.1) is 11.7 Å². The van der Waals surface area contributed by atoms with Gasteiger partial charge in [0.2, 0.25) is 0 Å². The highest BCUT2D eigenvalue weighted by molar-refractivity contribution is 7.82. The Hall–Kier alpha value is -1.63. The number of carbonyl (C=O) groups is 1. The van der Waals surface area contributed by atoms with Crippen molar-refractivity contribution in [2.45, 2.75) is 65.4 Å². The van der Waals surface area contributed by atoms with Crippen molar-refractivity contribution < 1.29 is 26.4 Å². The molecule has 0 aliphatic rings. The fourth-order valence-electron chi connectivity index (χ4n) is 1.80. The lowest BCUT2D eigenvalue weighted by Gasteiger charge is -2.12. The summed E-state index contributed by atoms with van der Waals surface area (Å²) in [4.78, 5) is 22.2. The monoisotopic (exact) mass is 347 g/mol. The Balaban J connectivity index is 4.72. The first-order chi connectivity index (χ1) is 10.8. The van der Waals surface area contributed by atoms with Crippen LogP contribution in [0.25, 0.3) is 0 Å². The topological polar surface area (TPSA) is 113 Å². The lowest BCUT2D eigenvalue weighted by molar-refractivity contribution is -0.130. The second-order valence-corrected chi connectivity index (χ2v) is 6.27. The van der Waals surface area contributed by atoms with Crippen LogP contribution < -0.4 is 5.73 Å². The predicted molar refractivity (Wildman–Crippen MR) is 86.1 cm³/mol. The van der Waals surface area contributed by atoms with Crippen LogP contribution >= 0.6 is 0 Å². The SMILES string of the molecule is CCCCCCC(C)OS(=O)(=O)OC(=O)C(C=C=O)=C(N)CC. The molecule has 1 unspecified atom stereocenters. The number of unbranched alkanes of at least 4 members (excludes halogenated alkanes) is 3. The lowest BCUT2D eigenvalue weighted by atomic mass is 10.1. The van der Waals surface area contributed by atoms with E-state index in [4.69, 9.17) is 9.92 Å². The minimum absolute atomic E-state index is 0.0289. The summed E-state index contributed by atoms with van der Waals surface area (Å²) in [5.74, 6) is 0.123. The minimum atomic E-state index is -4.52. The van der Waals surface area contributed by atoms with Crippen LogP contribution in [0, 0.1) is 0 Å². The van der Waals surface area contributed by atoms with Crippen LogP contribution in [0.4, 0.5) is 0 Å². The molecule has 0 heterocycles. The minimum Gasteiger partial charge on any atom is -0.401 e. The van der Waals surface area contributed by atoms with Gasteiger partial charge in [-0.25, -0.2) is 13.8 Å². The molecule has 23 heavy (non-hydrogen) atoms. The first-order valence-corrected chi connectivity index (χ1v) is 8.97. The molecule has 1 atom stereocenters. The van der Waals surface area contributed by atoms with Crippen LogP contribution in [-0.2, 0) is 28.4 Å². The maximum Gasteiger partial charge on any atom is 0.452 e. The average Bonchev–Trinajstić information content (AvgIpc) is 2.47. The Bertz CT molecular complexity index is 561. The van der Waals surface area contributed by atoms with E-state index in [1.807, 2.05) is 0 Å². The number of rotatable bonds is 11. The summed E-state index contributed by atoms with van der Waals surface area (Å²) >= 11 is 0. The van der Waals surface area contributed by atoms with E-state index in [1.165, 1.54) is 5.94 Å². The summed E-state index contributed by atoms with van der Waals surface area (Å²) in [5.41, 5.74) is 5.24. The van der Waals surface area contributed by atoms with Crippen LogP contribution in [-0.4, -0.2) is 26.4 Å². The Kier molecular flexibility index (Phi) is 10.2. The van der Waals surface area contributed by atoms with Crippen molar-refractivity contribution in [2.75, 3.05) is 0 Å². The van der Waals surface area contributed by atoms with E-state index in [-0.39, 0.29) is 17.7 Å². The summed E-state index contributed by atoms with van der Waals surface area (Å²) in [6.07, 6.45) is 4.85. The van der Waals surface area contributed by atoms with E-state index in [1.54, 1.807) is 13.8 Å². The van der Waals surface area contributed by atoms with Gasteiger partial charge in [0, 0.05) is 11.8 Å². The molecule has 0 radical (unpaired) electrons. The van der Waals surface area contributed by atoms with Crippen LogP contribution in [0.5, 0.6) is 0 Å². The van der Waals surface area contributed by atoms with E-state index < -0.39 is 22.5 Å². The van der Waals surface area contributed by atoms with Crippen molar-refractivity contribution in [1.82, 2.24) is 0 Å². The maximum absolute atomic E-state index is 11.8. The van der Waals surface area contributed by atoms with E-state index >= 15 is 0 Å². The molecule has 0 aromatic rings. The maximum atomic E-state index is 11.8. The number of hydrogen-bond acceptors (Lipinski definition) is 7. The third kappa shape index (κ3) is 9.18. The van der Waals surface area contributed by atoms with Gasteiger partial charge in [0.25, 0.3) is 0 Å². The van der Waals surface area contributed by atoms with Crippen LogP contribution in [0.3, 0.4) is 0 Å². The zero-order valence-corrected chi connectivity index (χ0v) is 14.6. The van der Waals surface area contributed by atoms with Gasteiger partial charge in [0.15, 0.2) is 0 Å². The molecule has 0 spiro atoms. The summed E-state index contributed by atoms with van der Waals surface area (Å²) in [5, 5.41) is 0. The highest BCUT2D eigenvalue weighted by atomic mass is 32.3. The standard InChI is InChI=1S/C15H25NO6S/c1-4-6-7-8-9-12(3)21-23(19,20)22-15(18)13(10-11-17)14(16)5-2/h10,12H,4-9,16H2,1-3H3. The predicted octanol–water partition coefficient (Wildman–Crippen LogP) is 2.16.